The Labute approximate surface area is 69.9 Å². The second-order valence-corrected chi connectivity index (χ2v) is 2.48. The molecule has 1 aromatic heterocycles. The van der Waals surface area contributed by atoms with Crippen LogP contribution in [0.25, 0.3) is 0 Å². The lowest BCUT2D eigenvalue weighted by Crippen LogP contribution is -2.10. The molecule has 0 amide bonds. The van der Waals surface area contributed by atoms with Crippen molar-refractivity contribution in [2.75, 3.05) is 0 Å². The molecule has 1 atom stereocenters. The molecule has 0 saturated carbocycles. The Kier molecular flexibility index (Phi) is 2.88. The van der Waals surface area contributed by atoms with E-state index in [1.165, 1.54) is 18.5 Å². The Bertz CT molecular complexity index is 275. The van der Waals surface area contributed by atoms with E-state index in [0.717, 1.165) is 6.20 Å². The lowest BCUT2D eigenvalue weighted by Gasteiger charge is -2.07. The van der Waals surface area contributed by atoms with E-state index in [4.69, 9.17) is 11.1 Å². The van der Waals surface area contributed by atoms with Gasteiger partial charge in [-0.3, -0.25) is 4.98 Å². The van der Waals surface area contributed by atoms with Crippen molar-refractivity contribution in [2.24, 2.45) is 5.73 Å². The van der Waals surface area contributed by atoms with Crippen molar-refractivity contribution >= 4 is 6.21 Å². The lowest BCUT2D eigenvalue weighted by molar-refractivity contribution is 0.613. The van der Waals surface area contributed by atoms with E-state index in [1.807, 2.05) is 0 Å². The first-order valence-corrected chi connectivity index (χ1v) is 3.59. The molecule has 1 aromatic rings. The Balaban J connectivity index is 2.80. The quantitative estimate of drug-likeness (QED) is 0.665. The van der Waals surface area contributed by atoms with Crippen LogP contribution >= 0.6 is 0 Å². The van der Waals surface area contributed by atoms with Gasteiger partial charge < -0.3 is 11.1 Å². The fourth-order valence-electron chi connectivity index (χ4n) is 0.894. The lowest BCUT2D eigenvalue weighted by atomic mass is 10.1. The van der Waals surface area contributed by atoms with Gasteiger partial charge in [0.25, 0.3) is 0 Å². The molecule has 4 heteroatoms. The largest absolute Gasteiger partial charge is 0.324 e. The molecular formula is C8H10FN3. The maximum atomic E-state index is 12.6. The van der Waals surface area contributed by atoms with Gasteiger partial charge in [-0.05, 0) is 17.8 Å². The fourth-order valence-corrected chi connectivity index (χ4v) is 0.894. The minimum atomic E-state index is -0.395. The second kappa shape index (κ2) is 3.92. The molecule has 3 nitrogen and oxygen atoms in total. The highest BCUT2D eigenvalue weighted by atomic mass is 19.1. The van der Waals surface area contributed by atoms with Gasteiger partial charge in [-0.15, -0.1) is 0 Å². The first-order valence-electron chi connectivity index (χ1n) is 3.59. The van der Waals surface area contributed by atoms with E-state index in [2.05, 4.69) is 4.98 Å². The SMILES string of the molecule is N=CCC(N)c1cncc(F)c1. The summed E-state index contributed by atoms with van der Waals surface area (Å²) in [4.78, 5) is 3.66. The zero-order valence-corrected chi connectivity index (χ0v) is 6.50. The van der Waals surface area contributed by atoms with E-state index < -0.39 is 5.82 Å². The molecular weight excluding hydrogens is 157 g/mol. The predicted molar refractivity (Wildman–Crippen MR) is 44.5 cm³/mol. The normalized spacial score (nSPS) is 12.5. The average molecular weight is 167 g/mol. The summed E-state index contributed by atoms with van der Waals surface area (Å²) in [6, 6.07) is 1.01. The molecule has 0 bridgehead atoms. The first-order chi connectivity index (χ1) is 5.74. The van der Waals surface area contributed by atoms with Crippen molar-refractivity contribution in [3.8, 4) is 0 Å². The van der Waals surface area contributed by atoms with Crippen LogP contribution in [0.1, 0.15) is 18.0 Å². The molecule has 1 unspecified atom stereocenters. The standard InChI is InChI=1S/C8H10FN3/c9-7-3-6(4-12-5-7)8(11)1-2-10/h2-5,8,10H,1,11H2. The van der Waals surface area contributed by atoms with Crippen molar-refractivity contribution in [1.82, 2.24) is 4.98 Å². The highest BCUT2D eigenvalue weighted by molar-refractivity contribution is 5.54. The maximum Gasteiger partial charge on any atom is 0.141 e. The van der Waals surface area contributed by atoms with Crippen LogP contribution in [-0.2, 0) is 0 Å². The number of nitrogens with one attached hydrogen (secondary N) is 1. The van der Waals surface area contributed by atoms with Gasteiger partial charge in [0, 0.05) is 18.7 Å². The maximum absolute atomic E-state index is 12.6. The van der Waals surface area contributed by atoms with E-state index >= 15 is 0 Å². The van der Waals surface area contributed by atoms with Crippen LogP contribution in [0.2, 0.25) is 0 Å². The summed E-state index contributed by atoms with van der Waals surface area (Å²) in [7, 11) is 0. The van der Waals surface area contributed by atoms with Gasteiger partial charge in [0.15, 0.2) is 0 Å². The van der Waals surface area contributed by atoms with Crippen molar-refractivity contribution in [1.29, 1.82) is 5.41 Å². The Morgan fingerprint density at radius 1 is 1.67 bits per heavy atom. The summed E-state index contributed by atoms with van der Waals surface area (Å²) in [6.07, 6.45) is 4.25. The van der Waals surface area contributed by atoms with Gasteiger partial charge >= 0.3 is 0 Å². The molecule has 0 radical (unpaired) electrons. The minimum absolute atomic E-state index is 0.328. The van der Waals surface area contributed by atoms with Gasteiger partial charge in [0.2, 0.25) is 0 Å². The van der Waals surface area contributed by atoms with Crippen molar-refractivity contribution in [3.63, 3.8) is 0 Å². The van der Waals surface area contributed by atoms with E-state index in [0.29, 0.717) is 12.0 Å². The van der Waals surface area contributed by atoms with Crippen molar-refractivity contribution in [3.05, 3.63) is 29.8 Å². The highest BCUT2D eigenvalue weighted by Gasteiger charge is 2.04. The summed E-state index contributed by atoms with van der Waals surface area (Å²) in [5.41, 5.74) is 6.24. The summed E-state index contributed by atoms with van der Waals surface area (Å²) in [5.74, 6) is -0.395. The van der Waals surface area contributed by atoms with Gasteiger partial charge in [0.1, 0.15) is 5.82 Å². The molecule has 0 aliphatic rings. The third-order valence-electron chi connectivity index (χ3n) is 1.53. The van der Waals surface area contributed by atoms with Crippen LogP contribution in [0.4, 0.5) is 4.39 Å². The number of hydrogen-bond acceptors (Lipinski definition) is 3. The molecule has 0 aromatic carbocycles. The number of halogens is 1. The van der Waals surface area contributed by atoms with E-state index in [1.54, 1.807) is 0 Å². The molecule has 0 aliphatic heterocycles. The van der Waals surface area contributed by atoms with Crippen molar-refractivity contribution < 1.29 is 4.39 Å². The number of aromatic nitrogens is 1. The molecule has 1 rings (SSSR count). The molecule has 1 heterocycles. The zero-order chi connectivity index (χ0) is 8.97. The topological polar surface area (TPSA) is 62.8 Å². The third-order valence-corrected chi connectivity index (χ3v) is 1.53. The van der Waals surface area contributed by atoms with Gasteiger partial charge in [0.05, 0.1) is 6.20 Å². The van der Waals surface area contributed by atoms with Crippen LogP contribution in [0.3, 0.4) is 0 Å². The number of rotatable bonds is 3. The highest BCUT2D eigenvalue weighted by Crippen LogP contribution is 2.11. The fraction of sp³-hybridized carbons (Fsp3) is 0.250. The van der Waals surface area contributed by atoms with Crippen molar-refractivity contribution in [2.45, 2.75) is 12.5 Å². The van der Waals surface area contributed by atoms with Gasteiger partial charge in [-0.25, -0.2) is 4.39 Å². The molecule has 0 fully saturated rings. The molecule has 0 spiro atoms. The van der Waals surface area contributed by atoms with E-state index in [-0.39, 0.29) is 6.04 Å². The molecule has 0 saturated heterocycles. The Hall–Kier alpha value is -1.29. The van der Waals surface area contributed by atoms with E-state index in [9.17, 15) is 4.39 Å². The molecule has 64 valence electrons. The number of pyridine rings is 1. The number of hydrogen-bond donors (Lipinski definition) is 2. The Morgan fingerprint density at radius 2 is 2.42 bits per heavy atom. The van der Waals surface area contributed by atoms with Crippen LogP contribution in [0.5, 0.6) is 0 Å². The first kappa shape index (κ1) is 8.80. The number of nitrogens with zero attached hydrogens (tertiary/aromatic N) is 1. The average Bonchev–Trinajstić information content (AvgIpc) is 2.05. The van der Waals surface area contributed by atoms with Gasteiger partial charge in [-0.1, -0.05) is 0 Å². The Morgan fingerprint density at radius 3 is 3.00 bits per heavy atom. The molecule has 12 heavy (non-hydrogen) atoms. The number of nitrogens with two attached hydrogens (primary N) is 1. The van der Waals surface area contributed by atoms with Crippen LogP contribution in [0, 0.1) is 11.2 Å². The van der Waals surface area contributed by atoms with Crippen LogP contribution in [0.15, 0.2) is 18.5 Å². The third kappa shape index (κ3) is 2.10. The zero-order valence-electron chi connectivity index (χ0n) is 6.50. The predicted octanol–water partition coefficient (Wildman–Crippen LogP) is 1.26. The van der Waals surface area contributed by atoms with Crippen LogP contribution in [-0.4, -0.2) is 11.2 Å². The molecule has 3 N–H and O–H groups in total. The van der Waals surface area contributed by atoms with Crippen LogP contribution < -0.4 is 5.73 Å². The summed E-state index contributed by atoms with van der Waals surface area (Å²) >= 11 is 0. The molecule has 0 aliphatic carbocycles. The smallest absolute Gasteiger partial charge is 0.141 e. The monoisotopic (exact) mass is 167 g/mol. The summed E-state index contributed by atoms with van der Waals surface area (Å²) < 4.78 is 12.6. The minimum Gasteiger partial charge on any atom is -0.324 e. The van der Waals surface area contributed by atoms with Gasteiger partial charge in [-0.2, -0.15) is 0 Å². The second-order valence-electron chi connectivity index (χ2n) is 2.48. The summed E-state index contributed by atoms with van der Waals surface area (Å²) in [5, 5.41) is 6.82. The summed E-state index contributed by atoms with van der Waals surface area (Å²) in [6.45, 7) is 0.